The van der Waals surface area contributed by atoms with E-state index in [1.54, 1.807) is 0 Å². The molecule has 0 aromatic heterocycles. The highest BCUT2D eigenvalue weighted by molar-refractivity contribution is 9.10. The Kier molecular flexibility index (Phi) is 4.60. The highest BCUT2D eigenvalue weighted by atomic mass is 79.9. The standard InChI is InChI=1S/C18H19BrN2O/c1-12(22)21-16-6-2-13(3-7-16)11-20-18-9-4-14-10-15(19)5-8-17(14)18/h2-3,5-8,10,18,20H,4,9,11H2,1H3,(H,21,22)/t18-/m0/s1. The third-order valence-electron chi connectivity index (χ3n) is 4.01. The van der Waals surface area contributed by atoms with Gasteiger partial charge in [0.2, 0.25) is 5.91 Å². The Morgan fingerprint density at radius 2 is 2.00 bits per heavy atom. The number of hydrogen-bond donors (Lipinski definition) is 2. The molecule has 22 heavy (non-hydrogen) atoms. The first-order chi connectivity index (χ1) is 10.6. The molecule has 1 aliphatic carbocycles. The summed E-state index contributed by atoms with van der Waals surface area (Å²) in [6.07, 6.45) is 2.28. The number of fused-ring (bicyclic) bond motifs is 1. The van der Waals surface area contributed by atoms with Gasteiger partial charge in [-0.2, -0.15) is 0 Å². The summed E-state index contributed by atoms with van der Waals surface area (Å²) in [6.45, 7) is 2.35. The van der Waals surface area contributed by atoms with Crippen molar-refractivity contribution < 1.29 is 4.79 Å². The molecule has 1 atom stereocenters. The molecule has 1 aliphatic rings. The van der Waals surface area contributed by atoms with Crippen molar-refractivity contribution in [2.75, 3.05) is 5.32 Å². The minimum absolute atomic E-state index is 0.0420. The van der Waals surface area contributed by atoms with Crippen molar-refractivity contribution >= 4 is 27.5 Å². The molecule has 0 spiro atoms. The largest absolute Gasteiger partial charge is 0.326 e. The van der Waals surface area contributed by atoms with Gasteiger partial charge in [-0.3, -0.25) is 4.79 Å². The maximum atomic E-state index is 11.0. The van der Waals surface area contributed by atoms with E-state index in [1.807, 2.05) is 12.1 Å². The van der Waals surface area contributed by atoms with Crippen LogP contribution in [0.2, 0.25) is 0 Å². The first kappa shape index (κ1) is 15.3. The highest BCUT2D eigenvalue weighted by Gasteiger charge is 2.21. The van der Waals surface area contributed by atoms with E-state index in [9.17, 15) is 4.79 Å². The fourth-order valence-corrected chi connectivity index (χ4v) is 3.36. The molecule has 1 amide bonds. The molecule has 114 valence electrons. The summed E-state index contributed by atoms with van der Waals surface area (Å²) in [5, 5.41) is 6.41. The number of amides is 1. The van der Waals surface area contributed by atoms with Crippen LogP contribution < -0.4 is 10.6 Å². The first-order valence-corrected chi connectivity index (χ1v) is 8.29. The highest BCUT2D eigenvalue weighted by Crippen LogP contribution is 2.33. The Labute approximate surface area is 139 Å². The van der Waals surface area contributed by atoms with Gasteiger partial charge in [-0.15, -0.1) is 0 Å². The van der Waals surface area contributed by atoms with E-state index in [0.29, 0.717) is 6.04 Å². The molecule has 3 rings (SSSR count). The third-order valence-corrected chi connectivity index (χ3v) is 4.50. The van der Waals surface area contributed by atoms with Gasteiger partial charge in [-0.25, -0.2) is 0 Å². The summed E-state index contributed by atoms with van der Waals surface area (Å²) in [5.41, 5.74) is 4.91. The summed E-state index contributed by atoms with van der Waals surface area (Å²) >= 11 is 3.53. The molecular formula is C18H19BrN2O. The molecule has 0 saturated carbocycles. The van der Waals surface area contributed by atoms with Crippen LogP contribution in [0.3, 0.4) is 0 Å². The van der Waals surface area contributed by atoms with Gasteiger partial charge in [0.1, 0.15) is 0 Å². The maximum absolute atomic E-state index is 11.0. The van der Waals surface area contributed by atoms with Crippen LogP contribution in [0.1, 0.15) is 36.1 Å². The Balaban J connectivity index is 1.61. The predicted molar refractivity (Wildman–Crippen MR) is 92.8 cm³/mol. The fourth-order valence-electron chi connectivity index (χ4n) is 2.95. The lowest BCUT2D eigenvalue weighted by Crippen LogP contribution is -2.18. The lowest BCUT2D eigenvalue weighted by Gasteiger charge is -2.14. The Morgan fingerprint density at radius 3 is 2.73 bits per heavy atom. The number of benzene rings is 2. The van der Waals surface area contributed by atoms with Crippen LogP contribution in [0.25, 0.3) is 0 Å². The molecule has 0 fully saturated rings. The molecule has 0 heterocycles. The smallest absolute Gasteiger partial charge is 0.221 e. The zero-order valence-corrected chi connectivity index (χ0v) is 14.1. The van der Waals surface area contributed by atoms with Crippen LogP contribution in [0.4, 0.5) is 5.69 Å². The van der Waals surface area contributed by atoms with Crippen LogP contribution in [0.15, 0.2) is 46.9 Å². The maximum Gasteiger partial charge on any atom is 0.221 e. The Morgan fingerprint density at radius 1 is 1.23 bits per heavy atom. The Hall–Kier alpha value is -1.65. The van der Waals surface area contributed by atoms with Gasteiger partial charge >= 0.3 is 0 Å². The quantitative estimate of drug-likeness (QED) is 0.860. The number of carbonyl (C=O) groups is 1. The first-order valence-electron chi connectivity index (χ1n) is 7.50. The van der Waals surface area contributed by atoms with Crippen LogP contribution >= 0.6 is 15.9 Å². The van der Waals surface area contributed by atoms with Crippen molar-refractivity contribution in [3.63, 3.8) is 0 Å². The normalized spacial score (nSPS) is 16.4. The van der Waals surface area contributed by atoms with Crippen molar-refractivity contribution in [1.82, 2.24) is 5.32 Å². The van der Waals surface area contributed by atoms with Gasteiger partial charge in [-0.1, -0.05) is 34.1 Å². The summed E-state index contributed by atoms with van der Waals surface area (Å²) in [5.74, 6) is -0.0420. The van der Waals surface area contributed by atoms with E-state index in [1.165, 1.54) is 23.6 Å². The molecule has 3 nitrogen and oxygen atoms in total. The van der Waals surface area contributed by atoms with E-state index in [0.717, 1.165) is 29.5 Å². The number of nitrogens with one attached hydrogen (secondary N) is 2. The third kappa shape index (κ3) is 3.57. The summed E-state index contributed by atoms with van der Waals surface area (Å²) in [6, 6.07) is 15.0. The SMILES string of the molecule is CC(=O)Nc1ccc(CN[C@H]2CCc3cc(Br)ccc32)cc1. The number of aryl methyl sites for hydroxylation is 1. The minimum atomic E-state index is -0.0420. The molecule has 2 aromatic carbocycles. The van der Waals surface area contributed by atoms with Gasteiger partial charge < -0.3 is 10.6 Å². The van der Waals surface area contributed by atoms with Gasteiger partial charge in [-0.05, 0) is 53.8 Å². The fraction of sp³-hybridized carbons (Fsp3) is 0.278. The van der Waals surface area contributed by atoms with Gasteiger partial charge in [0.15, 0.2) is 0 Å². The summed E-state index contributed by atoms with van der Waals surface area (Å²) < 4.78 is 1.15. The van der Waals surface area contributed by atoms with Crippen LogP contribution in [-0.2, 0) is 17.8 Å². The number of halogens is 1. The molecular weight excluding hydrogens is 340 g/mol. The zero-order valence-electron chi connectivity index (χ0n) is 12.5. The van der Waals surface area contributed by atoms with Crippen molar-refractivity contribution in [2.24, 2.45) is 0 Å². The van der Waals surface area contributed by atoms with E-state index < -0.39 is 0 Å². The summed E-state index contributed by atoms with van der Waals surface area (Å²) in [7, 11) is 0. The number of carbonyl (C=O) groups excluding carboxylic acids is 1. The zero-order chi connectivity index (χ0) is 15.5. The average Bonchev–Trinajstić information content (AvgIpc) is 2.88. The van der Waals surface area contributed by atoms with E-state index in [2.05, 4.69) is 56.9 Å². The lowest BCUT2D eigenvalue weighted by molar-refractivity contribution is -0.114. The molecule has 0 unspecified atom stereocenters. The van der Waals surface area contributed by atoms with Gasteiger partial charge in [0, 0.05) is 29.7 Å². The van der Waals surface area contributed by atoms with E-state index >= 15 is 0 Å². The van der Waals surface area contributed by atoms with Crippen molar-refractivity contribution in [3.05, 3.63) is 63.6 Å². The molecule has 2 N–H and O–H groups in total. The van der Waals surface area contributed by atoms with Crippen LogP contribution in [0.5, 0.6) is 0 Å². The van der Waals surface area contributed by atoms with Gasteiger partial charge in [0.25, 0.3) is 0 Å². The Bertz CT molecular complexity index is 682. The number of anilines is 1. The van der Waals surface area contributed by atoms with Crippen LogP contribution in [-0.4, -0.2) is 5.91 Å². The second-order valence-corrected chi connectivity index (χ2v) is 6.61. The second-order valence-electron chi connectivity index (χ2n) is 5.69. The summed E-state index contributed by atoms with van der Waals surface area (Å²) in [4.78, 5) is 11.0. The van der Waals surface area contributed by atoms with Crippen molar-refractivity contribution in [1.29, 1.82) is 0 Å². The second kappa shape index (κ2) is 6.63. The molecule has 0 bridgehead atoms. The van der Waals surface area contributed by atoms with E-state index in [4.69, 9.17) is 0 Å². The average molecular weight is 359 g/mol. The molecule has 2 aromatic rings. The number of hydrogen-bond acceptors (Lipinski definition) is 2. The number of rotatable bonds is 4. The minimum Gasteiger partial charge on any atom is -0.326 e. The predicted octanol–water partition coefficient (Wildman–Crippen LogP) is 4.18. The molecule has 0 radical (unpaired) electrons. The molecule has 0 aliphatic heterocycles. The van der Waals surface area contributed by atoms with E-state index in [-0.39, 0.29) is 5.91 Å². The van der Waals surface area contributed by atoms with Crippen molar-refractivity contribution in [3.8, 4) is 0 Å². The van der Waals surface area contributed by atoms with Crippen molar-refractivity contribution in [2.45, 2.75) is 32.4 Å². The monoisotopic (exact) mass is 358 g/mol. The van der Waals surface area contributed by atoms with Gasteiger partial charge in [0.05, 0.1) is 0 Å². The molecule has 4 heteroatoms. The molecule has 0 saturated heterocycles. The lowest BCUT2D eigenvalue weighted by atomic mass is 10.1. The topological polar surface area (TPSA) is 41.1 Å². The van der Waals surface area contributed by atoms with Crippen LogP contribution in [0, 0.1) is 0 Å².